The summed E-state index contributed by atoms with van der Waals surface area (Å²) in [6.07, 6.45) is 5.38. The second-order valence-corrected chi connectivity index (χ2v) is 9.67. The molecule has 0 spiro atoms. The lowest BCUT2D eigenvalue weighted by Gasteiger charge is -2.37. The summed E-state index contributed by atoms with van der Waals surface area (Å²) in [5.41, 5.74) is 1.16. The summed E-state index contributed by atoms with van der Waals surface area (Å²) in [5.74, 6) is 0.369. The summed E-state index contributed by atoms with van der Waals surface area (Å²) in [5, 5.41) is 0. The second kappa shape index (κ2) is 5.79. The fourth-order valence-corrected chi connectivity index (χ4v) is 5.49. The number of carbonyl (C=O) groups excluding carboxylic acids is 3. The normalized spacial score (nSPS) is 35.0. The van der Waals surface area contributed by atoms with E-state index in [0.29, 0.717) is 17.6 Å². The number of esters is 1. The van der Waals surface area contributed by atoms with Gasteiger partial charge in [0.15, 0.2) is 0 Å². The van der Waals surface area contributed by atoms with Crippen molar-refractivity contribution < 1.29 is 19.1 Å². The molecule has 5 heteroatoms. The Balaban J connectivity index is 1.27. The van der Waals surface area contributed by atoms with Gasteiger partial charge in [0.25, 0.3) is 0 Å². The number of likely N-dealkylation sites (tertiary alicyclic amines) is 1. The van der Waals surface area contributed by atoms with Crippen LogP contribution in [0.2, 0.25) is 0 Å². The van der Waals surface area contributed by atoms with E-state index in [1.165, 1.54) is 0 Å². The topological polar surface area (TPSA) is 63.7 Å². The van der Waals surface area contributed by atoms with E-state index in [0.717, 1.165) is 16.9 Å². The molecule has 6 rings (SSSR count). The quantitative estimate of drug-likeness (QED) is 0.351. The number of imide groups is 1. The van der Waals surface area contributed by atoms with Crippen molar-refractivity contribution in [3.05, 3.63) is 42.0 Å². The molecule has 0 radical (unpaired) electrons. The van der Waals surface area contributed by atoms with Gasteiger partial charge in [-0.25, -0.2) is 4.79 Å². The Morgan fingerprint density at radius 1 is 1.00 bits per heavy atom. The molecule has 2 amide bonds. The average Bonchev–Trinajstić information content (AvgIpc) is 3.43. The van der Waals surface area contributed by atoms with Crippen molar-refractivity contribution in [2.75, 3.05) is 6.54 Å². The molecule has 28 heavy (non-hydrogen) atoms. The third-order valence-electron chi connectivity index (χ3n) is 6.99. The molecule has 1 saturated heterocycles. The highest BCUT2D eigenvalue weighted by Crippen LogP contribution is 2.65. The lowest BCUT2D eigenvalue weighted by atomic mass is 9.63. The zero-order valence-corrected chi connectivity index (χ0v) is 16.4. The van der Waals surface area contributed by atoms with Gasteiger partial charge in [-0.05, 0) is 53.2 Å². The van der Waals surface area contributed by atoms with Gasteiger partial charge in [0, 0.05) is 0 Å². The molecule has 1 aromatic carbocycles. The lowest BCUT2D eigenvalue weighted by Crippen LogP contribution is -2.40. The van der Waals surface area contributed by atoms with Gasteiger partial charge >= 0.3 is 5.97 Å². The maximum atomic E-state index is 12.9. The predicted molar refractivity (Wildman–Crippen MR) is 102 cm³/mol. The first-order valence-electron chi connectivity index (χ1n) is 10.1. The van der Waals surface area contributed by atoms with E-state index in [2.05, 4.69) is 32.9 Å². The molecule has 3 fully saturated rings. The molecular formula is C23H25NO4. The van der Waals surface area contributed by atoms with Gasteiger partial charge in [-0.15, -0.1) is 0 Å². The molecule has 5 nitrogen and oxygen atoms in total. The van der Waals surface area contributed by atoms with Crippen molar-refractivity contribution in [1.29, 1.82) is 0 Å². The van der Waals surface area contributed by atoms with Gasteiger partial charge in [0.05, 0.1) is 11.8 Å². The molecule has 0 N–H and O–H groups in total. The van der Waals surface area contributed by atoms with Crippen molar-refractivity contribution in [1.82, 2.24) is 4.90 Å². The summed E-state index contributed by atoms with van der Waals surface area (Å²) in [7, 11) is 0. The van der Waals surface area contributed by atoms with Gasteiger partial charge in [-0.3, -0.25) is 14.5 Å². The minimum Gasteiger partial charge on any atom is -0.425 e. The monoisotopic (exact) mass is 379 g/mol. The van der Waals surface area contributed by atoms with E-state index < -0.39 is 5.97 Å². The van der Waals surface area contributed by atoms with Gasteiger partial charge in [-0.1, -0.05) is 45.1 Å². The molecule has 0 aromatic heterocycles. The molecule has 146 valence electrons. The zero-order chi connectivity index (χ0) is 19.8. The number of nitrogens with zero attached hydrogens (tertiary/aromatic N) is 1. The lowest BCUT2D eigenvalue weighted by molar-refractivity contribution is -0.148. The van der Waals surface area contributed by atoms with Crippen molar-refractivity contribution >= 4 is 17.8 Å². The average molecular weight is 379 g/mol. The number of hydrogen-bond acceptors (Lipinski definition) is 4. The Morgan fingerprint density at radius 3 is 2.04 bits per heavy atom. The number of carbonyl (C=O) groups is 3. The van der Waals surface area contributed by atoms with E-state index in [-0.39, 0.29) is 47.4 Å². The van der Waals surface area contributed by atoms with Gasteiger partial charge in [0.1, 0.15) is 12.3 Å². The molecule has 5 aliphatic rings. The van der Waals surface area contributed by atoms with Gasteiger partial charge in [0.2, 0.25) is 11.8 Å². The summed E-state index contributed by atoms with van der Waals surface area (Å²) >= 11 is 0. The van der Waals surface area contributed by atoms with Crippen LogP contribution in [0.1, 0.15) is 32.8 Å². The Hall–Kier alpha value is -2.43. The molecule has 4 aliphatic carbocycles. The Kier molecular flexibility index (Phi) is 3.65. The van der Waals surface area contributed by atoms with Crippen LogP contribution in [0, 0.1) is 35.5 Å². The summed E-state index contributed by atoms with van der Waals surface area (Å²) in [6, 6.07) is 7.37. The molecule has 2 bridgehead atoms. The van der Waals surface area contributed by atoms with E-state index in [1.807, 2.05) is 12.1 Å². The first-order valence-corrected chi connectivity index (χ1v) is 10.1. The zero-order valence-electron chi connectivity index (χ0n) is 16.4. The fraction of sp³-hybridized carbons (Fsp3) is 0.522. The van der Waals surface area contributed by atoms with Crippen molar-refractivity contribution in [3.8, 4) is 5.75 Å². The van der Waals surface area contributed by atoms with E-state index in [1.54, 1.807) is 12.1 Å². The largest absolute Gasteiger partial charge is 0.425 e. The molecule has 0 unspecified atom stereocenters. The van der Waals surface area contributed by atoms with Crippen LogP contribution in [-0.2, 0) is 19.8 Å². The minimum absolute atomic E-state index is 0.0152. The number of allylic oxidation sites excluding steroid dienone is 2. The van der Waals surface area contributed by atoms with E-state index >= 15 is 0 Å². The third kappa shape index (κ3) is 2.55. The summed E-state index contributed by atoms with van der Waals surface area (Å²) in [4.78, 5) is 39.4. The van der Waals surface area contributed by atoms with Crippen LogP contribution in [0.4, 0.5) is 0 Å². The SMILES string of the molecule is CC(C)(C)c1ccc(OC(=O)CN2C(=O)[C@@H]3[C@H]4C=C[C@@H]([C@@H]5C[C@H]45)[C@H]3C2=O)cc1. The highest BCUT2D eigenvalue weighted by Gasteiger charge is 2.67. The highest BCUT2D eigenvalue weighted by molar-refractivity contribution is 6.08. The van der Waals surface area contributed by atoms with Crippen molar-refractivity contribution in [2.24, 2.45) is 35.5 Å². The van der Waals surface area contributed by atoms with Crippen molar-refractivity contribution in [3.63, 3.8) is 0 Å². The summed E-state index contributed by atoms with van der Waals surface area (Å²) < 4.78 is 5.39. The second-order valence-electron chi connectivity index (χ2n) is 9.67. The van der Waals surface area contributed by atoms with Gasteiger partial charge in [-0.2, -0.15) is 0 Å². The number of hydrogen-bond donors (Lipinski definition) is 0. The Bertz CT molecular complexity index is 858. The number of amides is 2. The standard InChI is InChI=1S/C23H25NO4/c1-23(2,3)12-4-6-13(7-5-12)28-18(25)11-24-21(26)19-14-8-9-15(17-10-16(14)17)20(19)22(24)27/h4-9,14-17,19-20H,10-11H2,1-3H3/t14-,15-,16-,17+,19+,20+/m0/s1. The molecule has 6 atom stereocenters. The highest BCUT2D eigenvalue weighted by atomic mass is 16.5. The van der Waals surface area contributed by atoms with Crippen LogP contribution in [0.25, 0.3) is 0 Å². The first-order chi connectivity index (χ1) is 13.3. The van der Waals surface area contributed by atoms with E-state index in [9.17, 15) is 14.4 Å². The van der Waals surface area contributed by atoms with Crippen LogP contribution >= 0.6 is 0 Å². The molecule has 1 aliphatic heterocycles. The maximum absolute atomic E-state index is 12.9. The van der Waals surface area contributed by atoms with Crippen LogP contribution in [0.15, 0.2) is 36.4 Å². The van der Waals surface area contributed by atoms with Crippen LogP contribution in [0.3, 0.4) is 0 Å². The smallest absolute Gasteiger partial charge is 0.331 e. The number of benzene rings is 1. The summed E-state index contributed by atoms with van der Waals surface area (Å²) in [6.45, 7) is 6.04. The maximum Gasteiger partial charge on any atom is 0.331 e. The van der Waals surface area contributed by atoms with E-state index in [4.69, 9.17) is 4.74 Å². The number of ether oxygens (including phenoxy) is 1. The number of rotatable bonds is 3. The minimum atomic E-state index is -0.575. The van der Waals surface area contributed by atoms with Crippen LogP contribution < -0.4 is 4.74 Å². The first kappa shape index (κ1) is 17.7. The molecule has 1 aromatic rings. The van der Waals surface area contributed by atoms with Crippen LogP contribution in [0.5, 0.6) is 5.75 Å². The van der Waals surface area contributed by atoms with Crippen LogP contribution in [-0.4, -0.2) is 29.2 Å². The Morgan fingerprint density at radius 2 is 1.54 bits per heavy atom. The van der Waals surface area contributed by atoms with Crippen molar-refractivity contribution in [2.45, 2.75) is 32.6 Å². The fourth-order valence-electron chi connectivity index (χ4n) is 5.49. The molecule has 2 saturated carbocycles. The van der Waals surface area contributed by atoms with Gasteiger partial charge < -0.3 is 4.74 Å². The molecular weight excluding hydrogens is 354 g/mol. The third-order valence-corrected chi connectivity index (χ3v) is 6.99. The Labute approximate surface area is 164 Å². The molecule has 1 heterocycles. The predicted octanol–water partition coefficient (Wildman–Crippen LogP) is 2.94.